The number of ether oxygens (including phenoxy) is 1. The molecule has 27 heavy (non-hydrogen) atoms. The number of benzene rings is 1. The smallest absolute Gasteiger partial charge is 0.145 e. The summed E-state index contributed by atoms with van der Waals surface area (Å²) in [6.45, 7) is -0.402. The molecule has 142 valence electrons. The van der Waals surface area contributed by atoms with E-state index >= 15 is 0 Å². The Morgan fingerprint density at radius 1 is 1.22 bits per heavy atom. The first-order valence-electron chi connectivity index (χ1n) is 8.48. The fraction of sp³-hybridized carbons (Fsp3) is 0.333. The Hall–Kier alpha value is -2.75. The minimum Gasteiger partial charge on any atom is -0.487 e. The second-order valence-electron chi connectivity index (χ2n) is 6.57. The fourth-order valence-corrected chi connectivity index (χ4v) is 3.57. The zero-order valence-corrected chi connectivity index (χ0v) is 14.2. The monoisotopic (exact) mass is 374 g/mol. The third-order valence-electron chi connectivity index (χ3n) is 4.97. The molecule has 8 nitrogen and oxygen atoms in total. The summed E-state index contributed by atoms with van der Waals surface area (Å²) in [6.07, 6.45) is 0.361. The Balaban J connectivity index is 1.62. The second-order valence-corrected chi connectivity index (χ2v) is 6.57. The molecule has 5 N–H and O–H groups in total. The molecule has 1 aliphatic rings. The number of fused-ring (bicyclic) bond motifs is 1. The van der Waals surface area contributed by atoms with Crippen LogP contribution in [0.3, 0.4) is 0 Å². The lowest BCUT2D eigenvalue weighted by Gasteiger charge is -2.20. The van der Waals surface area contributed by atoms with Crippen molar-refractivity contribution >= 4 is 16.9 Å². The van der Waals surface area contributed by atoms with E-state index in [4.69, 9.17) is 10.5 Å². The van der Waals surface area contributed by atoms with E-state index in [-0.39, 0.29) is 17.7 Å². The van der Waals surface area contributed by atoms with E-state index in [1.165, 1.54) is 24.5 Å². The van der Waals surface area contributed by atoms with E-state index in [9.17, 15) is 19.7 Å². The quantitative estimate of drug-likeness (QED) is 0.531. The SMILES string of the molecule is Nc1ncnc2c1ccn2C1CC(Oc2ccc(F)cc2CO)[C@@H](O)[C@H]1O. The number of hydrogen-bond donors (Lipinski definition) is 4. The van der Waals surface area contributed by atoms with Crippen molar-refractivity contribution in [3.05, 3.63) is 48.2 Å². The van der Waals surface area contributed by atoms with Gasteiger partial charge in [-0.3, -0.25) is 0 Å². The maximum atomic E-state index is 13.3. The Morgan fingerprint density at radius 2 is 2.04 bits per heavy atom. The van der Waals surface area contributed by atoms with Crippen molar-refractivity contribution in [3.8, 4) is 5.75 Å². The van der Waals surface area contributed by atoms with E-state index < -0.39 is 36.8 Å². The van der Waals surface area contributed by atoms with Crippen LogP contribution in [0.1, 0.15) is 18.0 Å². The number of rotatable bonds is 4. The maximum Gasteiger partial charge on any atom is 0.145 e. The molecule has 4 rings (SSSR count). The van der Waals surface area contributed by atoms with Crippen LogP contribution in [0.4, 0.5) is 10.2 Å². The highest BCUT2D eigenvalue weighted by Gasteiger charge is 2.44. The molecule has 3 aromatic rings. The number of aromatic nitrogens is 3. The van der Waals surface area contributed by atoms with Gasteiger partial charge in [0.15, 0.2) is 0 Å². The van der Waals surface area contributed by atoms with E-state index in [1.807, 2.05) is 0 Å². The van der Waals surface area contributed by atoms with Crippen LogP contribution in [0.2, 0.25) is 0 Å². The molecular weight excluding hydrogens is 355 g/mol. The zero-order chi connectivity index (χ0) is 19.1. The Morgan fingerprint density at radius 3 is 2.81 bits per heavy atom. The average molecular weight is 374 g/mol. The van der Waals surface area contributed by atoms with Gasteiger partial charge in [0, 0.05) is 18.2 Å². The number of nitrogens with zero attached hydrogens (tertiary/aromatic N) is 3. The van der Waals surface area contributed by atoms with Gasteiger partial charge in [-0.1, -0.05) is 0 Å². The molecule has 1 aromatic carbocycles. The molecule has 0 spiro atoms. The third kappa shape index (κ3) is 2.99. The van der Waals surface area contributed by atoms with E-state index in [1.54, 1.807) is 16.8 Å². The van der Waals surface area contributed by atoms with Crippen molar-refractivity contribution in [2.45, 2.75) is 37.4 Å². The highest BCUT2D eigenvalue weighted by atomic mass is 19.1. The predicted molar refractivity (Wildman–Crippen MR) is 94.3 cm³/mol. The third-order valence-corrected chi connectivity index (χ3v) is 4.97. The predicted octanol–water partition coefficient (Wildman–Crippen LogP) is 0.759. The summed E-state index contributed by atoms with van der Waals surface area (Å²) < 4.78 is 20.9. The van der Waals surface area contributed by atoms with Gasteiger partial charge in [0.1, 0.15) is 47.7 Å². The Bertz CT molecular complexity index is 979. The summed E-state index contributed by atoms with van der Waals surface area (Å²) in [5.74, 6) is 0.102. The van der Waals surface area contributed by atoms with Crippen molar-refractivity contribution in [1.82, 2.24) is 14.5 Å². The van der Waals surface area contributed by atoms with Crippen LogP contribution in [-0.4, -0.2) is 48.2 Å². The van der Waals surface area contributed by atoms with Gasteiger partial charge in [-0.2, -0.15) is 0 Å². The first kappa shape index (κ1) is 17.7. The molecule has 4 atom stereocenters. The van der Waals surface area contributed by atoms with Crippen LogP contribution >= 0.6 is 0 Å². The summed E-state index contributed by atoms with van der Waals surface area (Å²) in [7, 11) is 0. The molecule has 2 unspecified atom stereocenters. The Labute approximate surface area is 153 Å². The highest BCUT2D eigenvalue weighted by molar-refractivity contribution is 5.86. The van der Waals surface area contributed by atoms with Gasteiger partial charge in [0.2, 0.25) is 0 Å². The van der Waals surface area contributed by atoms with Crippen molar-refractivity contribution in [2.75, 3.05) is 5.73 Å². The van der Waals surface area contributed by atoms with E-state index in [0.29, 0.717) is 16.9 Å². The van der Waals surface area contributed by atoms with Gasteiger partial charge >= 0.3 is 0 Å². The second kappa shape index (κ2) is 6.76. The minimum atomic E-state index is -1.16. The lowest BCUT2D eigenvalue weighted by atomic mass is 10.2. The molecule has 1 fully saturated rings. The highest BCUT2D eigenvalue weighted by Crippen LogP contribution is 2.36. The number of anilines is 1. The lowest BCUT2D eigenvalue weighted by molar-refractivity contribution is -0.0168. The first-order chi connectivity index (χ1) is 13.0. The molecule has 1 aliphatic carbocycles. The summed E-state index contributed by atoms with van der Waals surface area (Å²) >= 11 is 0. The molecule has 0 saturated heterocycles. The summed E-state index contributed by atoms with van der Waals surface area (Å²) in [5.41, 5.74) is 6.67. The van der Waals surface area contributed by atoms with Crippen LogP contribution in [0.25, 0.3) is 11.0 Å². The number of nitrogen functional groups attached to an aromatic ring is 1. The zero-order valence-electron chi connectivity index (χ0n) is 14.2. The number of aliphatic hydroxyl groups is 3. The van der Waals surface area contributed by atoms with Crippen molar-refractivity contribution in [2.24, 2.45) is 0 Å². The van der Waals surface area contributed by atoms with Gasteiger partial charge in [-0.25, -0.2) is 14.4 Å². The number of nitrogens with two attached hydrogens (primary N) is 1. The van der Waals surface area contributed by atoms with Crippen LogP contribution < -0.4 is 10.5 Å². The number of halogens is 1. The van der Waals surface area contributed by atoms with Crippen LogP contribution in [0, 0.1) is 5.82 Å². The summed E-state index contributed by atoms with van der Waals surface area (Å²) in [4.78, 5) is 8.16. The first-order valence-corrected chi connectivity index (χ1v) is 8.48. The normalized spacial score (nSPS) is 25.2. The average Bonchev–Trinajstić information content (AvgIpc) is 3.20. The molecular formula is C18H19FN4O4. The van der Waals surface area contributed by atoms with Gasteiger partial charge in [0.05, 0.1) is 18.0 Å². The standard InChI is InChI=1S/C18H19FN4O4/c19-10-1-2-13(9(5-10)7-24)27-14-6-12(15(25)16(14)26)23-4-3-11-17(20)21-8-22-18(11)23/h1-5,8,12,14-16,24-26H,6-7H2,(H2,20,21,22)/t12?,14?,15-,16+/m0/s1. The maximum absolute atomic E-state index is 13.3. The van der Waals surface area contributed by atoms with Crippen molar-refractivity contribution < 1.29 is 24.4 Å². The molecule has 0 amide bonds. The van der Waals surface area contributed by atoms with Gasteiger partial charge in [-0.05, 0) is 24.3 Å². The molecule has 2 heterocycles. The number of hydrogen-bond acceptors (Lipinski definition) is 7. The van der Waals surface area contributed by atoms with Crippen LogP contribution in [-0.2, 0) is 6.61 Å². The van der Waals surface area contributed by atoms with Crippen LogP contribution in [0.15, 0.2) is 36.8 Å². The molecule has 0 bridgehead atoms. The van der Waals surface area contributed by atoms with Crippen molar-refractivity contribution in [3.63, 3.8) is 0 Å². The van der Waals surface area contributed by atoms with E-state index in [2.05, 4.69) is 9.97 Å². The molecule has 0 aliphatic heterocycles. The fourth-order valence-electron chi connectivity index (χ4n) is 3.57. The molecule has 9 heteroatoms. The van der Waals surface area contributed by atoms with Crippen LogP contribution in [0.5, 0.6) is 5.75 Å². The molecule has 1 saturated carbocycles. The molecule has 2 aromatic heterocycles. The van der Waals surface area contributed by atoms with E-state index in [0.717, 1.165) is 0 Å². The van der Waals surface area contributed by atoms with Gasteiger partial charge in [-0.15, -0.1) is 0 Å². The molecule has 0 radical (unpaired) electrons. The minimum absolute atomic E-state index is 0.264. The number of aliphatic hydroxyl groups excluding tert-OH is 3. The van der Waals surface area contributed by atoms with Gasteiger partial charge in [0.25, 0.3) is 0 Å². The Kier molecular flexibility index (Phi) is 4.42. The summed E-state index contributed by atoms with van der Waals surface area (Å²) in [5, 5.41) is 31.0. The largest absolute Gasteiger partial charge is 0.487 e. The van der Waals surface area contributed by atoms with Gasteiger partial charge < -0.3 is 30.4 Å². The lowest BCUT2D eigenvalue weighted by Crippen LogP contribution is -2.34. The summed E-state index contributed by atoms with van der Waals surface area (Å²) in [6, 6.07) is 5.04. The topological polar surface area (TPSA) is 127 Å². The van der Waals surface area contributed by atoms with Crippen molar-refractivity contribution in [1.29, 1.82) is 0 Å².